The van der Waals surface area contributed by atoms with Gasteiger partial charge in [0.05, 0.1) is 34.7 Å². The van der Waals surface area contributed by atoms with E-state index in [0.717, 1.165) is 35.5 Å². The third kappa shape index (κ3) is 7.59. The highest BCUT2D eigenvalue weighted by atomic mass is 32.1. The fraction of sp³-hybridized carbons (Fsp3) is 0.654. The van der Waals surface area contributed by atoms with Gasteiger partial charge >= 0.3 is 5.97 Å². The highest BCUT2D eigenvalue weighted by Gasteiger charge is 2.42. The van der Waals surface area contributed by atoms with Crippen molar-refractivity contribution in [2.75, 3.05) is 0 Å². The van der Waals surface area contributed by atoms with Gasteiger partial charge in [-0.2, -0.15) is 0 Å². The van der Waals surface area contributed by atoms with E-state index in [2.05, 4.69) is 11.1 Å². The number of carbonyl (C=O) groups excluding carboxylic acids is 2. The number of cyclic esters (lactones) is 1. The maximum Gasteiger partial charge on any atom is 0.309 e. The van der Waals surface area contributed by atoms with Crippen molar-refractivity contribution in [3.8, 4) is 0 Å². The average Bonchev–Trinajstić information content (AvgIpc) is 3.16. The van der Waals surface area contributed by atoms with Gasteiger partial charge in [-0.25, -0.2) is 4.98 Å². The number of nitrogens with zero attached hydrogens (tertiary/aromatic N) is 1. The summed E-state index contributed by atoms with van der Waals surface area (Å²) >= 11 is 1.56. The lowest BCUT2D eigenvalue weighted by Crippen LogP contribution is -2.45. The van der Waals surface area contributed by atoms with Crippen LogP contribution in [0.4, 0.5) is 0 Å². The fourth-order valence-corrected chi connectivity index (χ4v) is 4.75. The topological polar surface area (TPSA) is 96.7 Å². The second-order valence-corrected chi connectivity index (χ2v) is 10.9. The molecule has 5 atom stereocenters. The van der Waals surface area contributed by atoms with Gasteiger partial charge in [0, 0.05) is 17.7 Å². The molecule has 2 heterocycles. The fourth-order valence-electron chi connectivity index (χ4n) is 4.18. The summed E-state index contributed by atoms with van der Waals surface area (Å²) in [5, 5.41) is 24.4. The Kier molecular flexibility index (Phi) is 10.0. The largest absolute Gasteiger partial charge is 0.457 e. The van der Waals surface area contributed by atoms with Crippen LogP contribution in [-0.2, 0) is 14.3 Å². The third-order valence-corrected chi connectivity index (χ3v) is 7.47. The summed E-state index contributed by atoms with van der Waals surface area (Å²) in [6.45, 7) is 10.8. The number of aromatic nitrogens is 1. The number of Topliss-reactive ketones (excluding diaryl/α,β-unsaturated/α-hetero) is 1. The quantitative estimate of drug-likeness (QED) is 0.466. The molecule has 0 fully saturated rings. The first-order chi connectivity index (χ1) is 15.4. The molecular weight excluding hydrogens is 438 g/mol. The van der Waals surface area contributed by atoms with E-state index >= 15 is 0 Å². The second-order valence-electron chi connectivity index (χ2n) is 9.86. The molecule has 2 rings (SSSR count). The molecule has 33 heavy (non-hydrogen) atoms. The van der Waals surface area contributed by atoms with Crippen molar-refractivity contribution in [3.05, 3.63) is 33.8 Å². The molecule has 0 amide bonds. The van der Waals surface area contributed by atoms with Gasteiger partial charge in [-0.05, 0) is 50.7 Å². The highest BCUT2D eigenvalue weighted by Crippen LogP contribution is 2.32. The molecule has 0 radical (unpaired) electrons. The van der Waals surface area contributed by atoms with Gasteiger partial charge in [0.15, 0.2) is 0 Å². The molecule has 1 aliphatic heterocycles. The molecule has 6 nitrogen and oxygen atoms in total. The summed E-state index contributed by atoms with van der Waals surface area (Å²) in [5.41, 5.74) is 0.513. The van der Waals surface area contributed by atoms with Crippen molar-refractivity contribution in [1.82, 2.24) is 4.98 Å². The van der Waals surface area contributed by atoms with E-state index < -0.39 is 35.6 Å². The zero-order valence-electron chi connectivity index (χ0n) is 20.7. The van der Waals surface area contributed by atoms with Crippen molar-refractivity contribution < 1.29 is 24.5 Å². The number of hydrogen-bond donors (Lipinski definition) is 2. The zero-order chi connectivity index (χ0) is 24.8. The van der Waals surface area contributed by atoms with Crippen LogP contribution in [0.25, 0.3) is 6.08 Å². The van der Waals surface area contributed by atoms with Crippen molar-refractivity contribution >= 4 is 29.2 Å². The molecule has 0 bridgehead atoms. The normalized spacial score (nSPS) is 31.8. The van der Waals surface area contributed by atoms with Crippen molar-refractivity contribution in [2.24, 2.45) is 17.3 Å². The van der Waals surface area contributed by atoms with Crippen LogP contribution in [0.15, 0.2) is 23.1 Å². The van der Waals surface area contributed by atoms with Crippen LogP contribution < -0.4 is 0 Å². The van der Waals surface area contributed by atoms with Gasteiger partial charge in [0.1, 0.15) is 11.9 Å². The van der Waals surface area contributed by atoms with Crippen LogP contribution in [-0.4, -0.2) is 45.3 Å². The van der Waals surface area contributed by atoms with Gasteiger partial charge in [-0.3, -0.25) is 9.59 Å². The number of allylic oxidation sites excluding steroid dienone is 1. The minimum absolute atomic E-state index is 0.0392. The molecule has 0 spiro atoms. The van der Waals surface area contributed by atoms with E-state index in [-0.39, 0.29) is 18.1 Å². The van der Waals surface area contributed by atoms with Crippen LogP contribution >= 0.6 is 11.3 Å². The first kappa shape index (κ1) is 27.4. The summed E-state index contributed by atoms with van der Waals surface area (Å²) in [7, 11) is 0. The molecule has 0 aliphatic carbocycles. The molecule has 2 N–H and O–H groups in total. The SMILES string of the molecule is C/C(=C\c1csc(C)n1)C1C/C=C\CCCC(C)[C@H](O)[C@@H](C)C(=O)C(C)(C)[C@@H](O)CC(=O)O1. The minimum Gasteiger partial charge on any atom is -0.457 e. The number of ether oxygens (including phenoxy) is 1. The summed E-state index contributed by atoms with van der Waals surface area (Å²) in [6, 6.07) is 0. The van der Waals surface area contributed by atoms with Crippen LogP contribution in [0.1, 0.15) is 77.4 Å². The maximum atomic E-state index is 13.1. The first-order valence-electron chi connectivity index (χ1n) is 11.8. The molecule has 0 saturated carbocycles. The lowest BCUT2D eigenvalue weighted by molar-refractivity contribution is -0.154. The summed E-state index contributed by atoms with van der Waals surface area (Å²) in [5.74, 6) is -1.48. The molecule has 7 heteroatoms. The molecule has 0 saturated heterocycles. The van der Waals surface area contributed by atoms with Crippen molar-refractivity contribution in [2.45, 2.75) is 92.0 Å². The summed E-state index contributed by atoms with van der Waals surface area (Å²) in [4.78, 5) is 30.3. The van der Waals surface area contributed by atoms with Gasteiger partial charge < -0.3 is 14.9 Å². The smallest absolute Gasteiger partial charge is 0.309 e. The molecule has 1 aliphatic rings. The minimum atomic E-state index is -1.21. The van der Waals surface area contributed by atoms with Crippen LogP contribution in [0.5, 0.6) is 0 Å². The zero-order valence-corrected chi connectivity index (χ0v) is 21.5. The Balaban J connectivity index is 2.27. The van der Waals surface area contributed by atoms with E-state index in [1.165, 1.54) is 0 Å². The summed E-state index contributed by atoms with van der Waals surface area (Å²) in [6.07, 6.45) is 6.28. The Morgan fingerprint density at radius 1 is 1.24 bits per heavy atom. The molecule has 2 unspecified atom stereocenters. The van der Waals surface area contributed by atoms with Crippen LogP contribution in [0, 0.1) is 24.2 Å². The Labute approximate surface area is 201 Å². The number of thiazole rings is 1. The lowest BCUT2D eigenvalue weighted by atomic mass is 9.73. The first-order valence-corrected chi connectivity index (χ1v) is 12.7. The Morgan fingerprint density at radius 3 is 2.58 bits per heavy atom. The monoisotopic (exact) mass is 477 g/mol. The molecule has 184 valence electrons. The van der Waals surface area contributed by atoms with E-state index in [4.69, 9.17) is 4.74 Å². The molecule has 0 aromatic carbocycles. The average molecular weight is 478 g/mol. The Hall–Kier alpha value is -1.83. The lowest BCUT2D eigenvalue weighted by Gasteiger charge is -2.34. The number of ketones is 1. The van der Waals surface area contributed by atoms with E-state index in [1.807, 2.05) is 38.3 Å². The third-order valence-electron chi connectivity index (χ3n) is 6.68. The predicted octanol–water partition coefficient (Wildman–Crippen LogP) is 4.88. The molecular formula is C26H39NO5S. The standard InChI is InChI=1S/C26H39NO5S/c1-16-11-9-7-8-10-12-21(17(2)13-20-15-33-19(4)27-20)32-23(29)14-22(28)26(5,6)25(31)18(3)24(16)30/h8,10,13,15-16,18,21-22,24,28,30H,7,9,11-12,14H2,1-6H3/b10-8-,17-13+/t16?,18-,21?,22+,24+/m1/s1. The number of esters is 1. The van der Waals surface area contributed by atoms with Gasteiger partial charge in [0.25, 0.3) is 0 Å². The highest BCUT2D eigenvalue weighted by molar-refractivity contribution is 7.09. The molecule has 1 aromatic heterocycles. The van der Waals surface area contributed by atoms with Crippen LogP contribution in [0.3, 0.4) is 0 Å². The number of rotatable bonds is 2. The summed E-state index contributed by atoms with van der Waals surface area (Å²) < 4.78 is 5.75. The van der Waals surface area contributed by atoms with E-state index in [1.54, 1.807) is 32.1 Å². The van der Waals surface area contributed by atoms with Crippen molar-refractivity contribution in [3.63, 3.8) is 0 Å². The predicted molar refractivity (Wildman–Crippen MR) is 132 cm³/mol. The Bertz CT molecular complexity index is 872. The number of aliphatic hydroxyl groups excluding tert-OH is 2. The van der Waals surface area contributed by atoms with Gasteiger partial charge in [0.2, 0.25) is 0 Å². The second kappa shape index (κ2) is 12.0. The van der Waals surface area contributed by atoms with E-state index in [9.17, 15) is 19.8 Å². The number of hydrogen-bond acceptors (Lipinski definition) is 7. The molecule has 1 aromatic rings. The Morgan fingerprint density at radius 2 is 1.94 bits per heavy atom. The van der Waals surface area contributed by atoms with Gasteiger partial charge in [-0.15, -0.1) is 11.3 Å². The maximum absolute atomic E-state index is 13.1. The number of carbonyl (C=O) groups is 2. The van der Waals surface area contributed by atoms with Crippen molar-refractivity contribution in [1.29, 1.82) is 0 Å². The number of aryl methyl sites for hydroxylation is 1. The van der Waals surface area contributed by atoms with Gasteiger partial charge in [-0.1, -0.05) is 39.8 Å². The number of aliphatic hydroxyl groups is 2. The van der Waals surface area contributed by atoms with Crippen LogP contribution in [0.2, 0.25) is 0 Å². The van der Waals surface area contributed by atoms with E-state index in [0.29, 0.717) is 6.42 Å².